The Morgan fingerprint density at radius 2 is 1.85 bits per heavy atom. The number of carboxylic acid groups (broad SMARTS) is 1. The third-order valence-electron chi connectivity index (χ3n) is 4.98. The van der Waals surface area contributed by atoms with Gasteiger partial charge in [-0.05, 0) is 74.6 Å². The minimum Gasteiger partial charge on any atom is -0.493 e. The van der Waals surface area contributed by atoms with Crippen molar-refractivity contribution in [3.8, 4) is 5.75 Å². The first-order valence-electron chi connectivity index (χ1n) is 10.0. The van der Waals surface area contributed by atoms with Crippen LogP contribution in [0.5, 0.6) is 5.75 Å². The molecule has 4 heteroatoms. The molecule has 0 saturated heterocycles. The molecule has 0 atom stereocenters. The Balaban J connectivity index is 1.59. The van der Waals surface area contributed by atoms with E-state index in [0.717, 1.165) is 69.1 Å². The molecule has 0 aromatic heterocycles. The third-order valence-corrected chi connectivity index (χ3v) is 4.98. The van der Waals surface area contributed by atoms with Crippen molar-refractivity contribution in [1.82, 2.24) is 0 Å². The minimum atomic E-state index is -0.942. The molecule has 1 aliphatic rings. The van der Waals surface area contributed by atoms with Crippen LogP contribution in [0, 0.1) is 5.92 Å². The smallest absolute Gasteiger partial charge is 0.328 e. The highest BCUT2D eigenvalue weighted by atomic mass is 16.5. The zero-order valence-corrected chi connectivity index (χ0v) is 16.1. The first kappa shape index (κ1) is 21.2. The van der Waals surface area contributed by atoms with Crippen LogP contribution in [0.4, 0.5) is 0 Å². The average molecular weight is 373 g/mol. The molecule has 0 heterocycles. The van der Waals surface area contributed by atoms with Crippen molar-refractivity contribution in [1.29, 1.82) is 0 Å². The van der Waals surface area contributed by atoms with Crippen LogP contribution in [-0.2, 0) is 9.53 Å². The Labute approximate surface area is 162 Å². The molecular weight excluding hydrogens is 340 g/mol. The van der Waals surface area contributed by atoms with Gasteiger partial charge >= 0.3 is 5.97 Å². The second-order valence-corrected chi connectivity index (χ2v) is 7.20. The first-order chi connectivity index (χ1) is 13.2. The number of carboxylic acids is 1. The Morgan fingerprint density at radius 3 is 2.52 bits per heavy atom. The number of carbonyl (C=O) groups is 1. The molecule has 0 unspecified atom stereocenters. The van der Waals surface area contributed by atoms with Gasteiger partial charge in [0.25, 0.3) is 0 Å². The molecule has 4 nitrogen and oxygen atoms in total. The highest BCUT2D eigenvalue weighted by molar-refractivity contribution is 5.85. The SMILES string of the molecule is C=CCCCCCOC1CCC(COc2ccc(/C=C/C(=O)O)cc2)CC1. The van der Waals surface area contributed by atoms with Gasteiger partial charge in [-0.1, -0.05) is 24.6 Å². The van der Waals surface area contributed by atoms with Crippen molar-refractivity contribution in [2.24, 2.45) is 5.92 Å². The fourth-order valence-electron chi connectivity index (χ4n) is 3.34. The van der Waals surface area contributed by atoms with Crippen LogP contribution in [-0.4, -0.2) is 30.4 Å². The van der Waals surface area contributed by atoms with Crippen LogP contribution < -0.4 is 4.74 Å². The molecule has 0 bridgehead atoms. The predicted octanol–water partition coefficient (Wildman–Crippen LogP) is 5.49. The number of unbranched alkanes of at least 4 members (excludes halogenated alkanes) is 3. The quantitative estimate of drug-likeness (QED) is 0.300. The van der Waals surface area contributed by atoms with E-state index in [1.807, 2.05) is 30.3 Å². The molecule has 1 aliphatic carbocycles. The fraction of sp³-hybridized carbons (Fsp3) is 0.522. The number of hydrogen-bond donors (Lipinski definition) is 1. The van der Waals surface area contributed by atoms with Crippen molar-refractivity contribution < 1.29 is 19.4 Å². The fourth-order valence-corrected chi connectivity index (χ4v) is 3.34. The molecular formula is C23H32O4. The lowest BCUT2D eigenvalue weighted by molar-refractivity contribution is -0.131. The van der Waals surface area contributed by atoms with E-state index in [9.17, 15) is 4.79 Å². The highest BCUT2D eigenvalue weighted by Gasteiger charge is 2.22. The summed E-state index contributed by atoms with van der Waals surface area (Å²) in [6.07, 6.45) is 14.4. The third kappa shape index (κ3) is 8.91. The van der Waals surface area contributed by atoms with Crippen molar-refractivity contribution >= 4 is 12.0 Å². The Hall–Kier alpha value is -2.07. The van der Waals surface area contributed by atoms with Crippen molar-refractivity contribution in [3.05, 3.63) is 48.6 Å². The Bertz CT molecular complexity index is 583. The van der Waals surface area contributed by atoms with Gasteiger partial charge in [-0.15, -0.1) is 6.58 Å². The molecule has 27 heavy (non-hydrogen) atoms. The van der Waals surface area contributed by atoms with Gasteiger partial charge in [-0.3, -0.25) is 0 Å². The summed E-state index contributed by atoms with van der Waals surface area (Å²) in [4.78, 5) is 10.5. The summed E-state index contributed by atoms with van der Waals surface area (Å²) in [5.41, 5.74) is 0.854. The average Bonchev–Trinajstić information content (AvgIpc) is 2.69. The molecule has 148 valence electrons. The maximum Gasteiger partial charge on any atom is 0.328 e. The van der Waals surface area contributed by atoms with E-state index < -0.39 is 5.97 Å². The van der Waals surface area contributed by atoms with Crippen LogP contribution in [0.15, 0.2) is 43.0 Å². The summed E-state index contributed by atoms with van der Waals surface area (Å²) in [6.45, 7) is 5.36. The topological polar surface area (TPSA) is 55.8 Å². The standard InChI is InChI=1S/C23H32O4/c1-2-3-4-5-6-17-26-21-14-9-20(10-15-21)18-27-22-12-7-19(8-13-22)11-16-23(24)25/h2,7-8,11-13,16,20-21H,1,3-6,9-10,14-15,17-18H2,(H,24,25)/b16-11+. The van der Waals surface area contributed by atoms with E-state index in [-0.39, 0.29) is 0 Å². The second-order valence-electron chi connectivity index (χ2n) is 7.20. The van der Waals surface area contributed by atoms with Gasteiger partial charge in [-0.2, -0.15) is 0 Å². The van der Waals surface area contributed by atoms with Crippen molar-refractivity contribution in [3.63, 3.8) is 0 Å². The van der Waals surface area contributed by atoms with Crippen molar-refractivity contribution in [2.45, 2.75) is 57.5 Å². The van der Waals surface area contributed by atoms with Gasteiger partial charge in [0.1, 0.15) is 5.75 Å². The van der Waals surface area contributed by atoms with Crippen LogP contribution in [0.3, 0.4) is 0 Å². The first-order valence-corrected chi connectivity index (χ1v) is 10.0. The Kier molecular flexibility index (Phi) is 9.70. The maximum atomic E-state index is 10.5. The summed E-state index contributed by atoms with van der Waals surface area (Å²) in [5, 5.41) is 8.64. The molecule has 1 N–H and O–H groups in total. The predicted molar refractivity (Wildman–Crippen MR) is 109 cm³/mol. The number of hydrogen-bond acceptors (Lipinski definition) is 3. The lowest BCUT2D eigenvalue weighted by atomic mass is 9.88. The van der Waals surface area contributed by atoms with Gasteiger partial charge in [0.05, 0.1) is 12.7 Å². The van der Waals surface area contributed by atoms with E-state index in [1.54, 1.807) is 6.08 Å². The van der Waals surface area contributed by atoms with Crippen molar-refractivity contribution in [2.75, 3.05) is 13.2 Å². The minimum absolute atomic E-state index is 0.418. The molecule has 1 fully saturated rings. The second kappa shape index (κ2) is 12.3. The molecule has 0 radical (unpaired) electrons. The van der Waals surface area contributed by atoms with Gasteiger partial charge < -0.3 is 14.6 Å². The number of aliphatic carboxylic acids is 1. The van der Waals surface area contributed by atoms with Crippen LogP contribution >= 0.6 is 0 Å². The summed E-state index contributed by atoms with van der Waals surface area (Å²) in [5.74, 6) is 0.479. The highest BCUT2D eigenvalue weighted by Crippen LogP contribution is 2.27. The van der Waals surface area contributed by atoms with E-state index in [4.69, 9.17) is 14.6 Å². The molecule has 2 rings (SSSR count). The van der Waals surface area contributed by atoms with Crippen LogP contribution in [0.1, 0.15) is 56.9 Å². The lowest BCUT2D eigenvalue weighted by Gasteiger charge is -2.28. The van der Waals surface area contributed by atoms with Gasteiger partial charge in [0, 0.05) is 12.7 Å². The monoisotopic (exact) mass is 372 g/mol. The maximum absolute atomic E-state index is 10.5. The number of allylic oxidation sites excluding steroid dienone is 1. The largest absolute Gasteiger partial charge is 0.493 e. The van der Waals surface area contributed by atoms with Gasteiger partial charge in [0.2, 0.25) is 0 Å². The normalized spacial score (nSPS) is 19.9. The summed E-state index contributed by atoms with van der Waals surface area (Å²) in [7, 11) is 0. The summed E-state index contributed by atoms with van der Waals surface area (Å²) in [6, 6.07) is 7.52. The molecule has 1 aromatic rings. The molecule has 1 aromatic carbocycles. The van der Waals surface area contributed by atoms with Crippen LogP contribution in [0.25, 0.3) is 6.08 Å². The molecule has 0 amide bonds. The lowest BCUT2D eigenvalue weighted by Crippen LogP contribution is -2.25. The van der Waals surface area contributed by atoms with E-state index >= 15 is 0 Å². The summed E-state index contributed by atoms with van der Waals surface area (Å²) >= 11 is 0. The van der Waals surface area contributed by atoms with Crippen LogP contribution in [0.2, 0.25) is 0 Å². The number of benzene rings is 1. The van der Waals surface area contributed by atoms with E-state index in [2.05, 4.69) is 6.58 Å². The van der Waals surface area contributed by atoms with Gasteiger partial charge in [-0.25, -0.2) is 4.79 Å². The molecule has 1 saturated carbocycles. The van der Waals surface area contributed by atoms with Gasteiger partial charge in [0.15, 0.2) is 0 Å². The summed E-state index contributed by atoms with van der Waals surface area (Å²) < 4.78 is 11.9. The number of rotatable bonds is 12. The zero-order chi connectivity index (χ0) is 19.3. The van der Waals surface area contributed by atoms with E-state index in [1.165, 1.54) is 12.8 Å². The molecule has 0 aliphatic heterocycles. The molecule has 0 spiro atoms. The number of ether oxygens (including phenoxy) is 2. The van der Waals surface area contributed by atoms with E-state index in [0.29, 0.717) is 12.0 Å². The zero-order valence-electron chi connectivity index (χ0n) is 16.1. The Morgan fingerprint density at radius 1 is 1.11 bits per heavy atom.